The third-order valence-corrected chi connectivity index (χ3v) is 6.32. The summed E-state index contributed by atoms with van der Waals surface area (Å²) in [6, 6.07) is 7.11. The Morgan fingerprint density at radius 3 is 2.41 bits per heavy atom. The average Bonchev–Trinajstić information content (AvgIpc) is 3.34. The maximum atomic E-state index is 12.9. The molecule has 3 fully saturated rings. The third kappa shape index (κ3) is 3.46. The van der Waals surface area contributed by atoms with Gasteiger partial charge in [0.1, 0.15) is 5.54 Å². The number of amides is 4. The van der Waals surface area contributed by atoms with Gasteiger partial charge >= 0.3 is 6.03 Å². The third-order valence-electron chi connectivity index (χ3n) is 6.32. The minimum Gasteiger partial charge on any atom is -0.368 e. The molecular formula is C21H28N5O3. The van der Waals surface area contributed by atoms with E-state index in [2.05, 4.69) is 4.90 Å². The molecule has 3 heterocycles. The van der Waals surface area contributed by atoms with E-state index in [1.54, 1.807) is 21.7 Å². The summed E-state index contributed by atoms with van der Waals surface area (Å²) in [5.41, 5.74) is 6.11. The van der Waals surface area contributed by atoms with Crippen molar-refractivity contribution >= 4 is 29.2 Å². The molecule has 155 valence electrons. The van der Waals surface area contributed by atoms with E-state index in [1.807, 2.05) is 30.7 Å². The lowest BCUT2D eigenvalue weighted by Gasteiger charge is -2.37. The van der Waals surface area contributed by atoms with Crippen LogP contribution < -0.4 is 15.5 Å². The standard InChI is InChI=1S/C21H28N5O3/c1-23(18(27)14-24-11-4-5-12-24)16-6-8-17(9-7-16)25-15-21(19(22)28)10-2-3-13-26(21)20(25)29/h6-10H,2-5,11-15H2,1H3,(H2,22,28)/t21-/m1/s1. The van der Waals surface area contributed by atoms with Crippen molar-refractivity contribution in [2.75, 3.05) is 49.6 Å². The van der Waals surface area contributed by atoms with Gasteiger partial charge in [-0.2, -0.15) is 0 Å². The number of benzene rings is 1. The lowest BCUT2D eigenvalue weighted by Crippen LogP contribution is -2.59. The number of carbonyl (C=O) groups is 3. The van der Waals surface area contributed by atoms with Crippen molar-refractivity contribution in [3.05, 3.63) is 30.7 Å². The Labute approximate surface area is 171 Å². The van der Waals surface area contributed by atoms with Crippen LogP contribution in [0.15, 0.2) is 24.3 Å². The summed E-state index contributed by atoms with van der Waals surface area (Å²) in [5.74, 6) is -0.437. The van der Waals surface area contributed by atoms with E-state index in [-0.39, 0.29) is 18.5 Å². The highest BCUT2D eigenvalue weighted by molar-refractivity contribution is 6.03. The van der Waals surface area contributed by atoms with Crippen LogP contribution >= 0.6 is 0 Å². The summed E-state index contributed by atoms with van der Waals surface area (Å²) in [4.78, 5) is 44.6. The summed E-state index contributed by atoms with van der Waals surface area (Å²) in [6.07, 6.45) is 5.77. The number of anilines is 2. The fourth-order valence-corrected chi connectivity index (χ4v) is 4.52. The molecule has 0 spiro atoms. The van der Waals surface area contributed by atoms with Crippen molar-refractivity contribution in [1.82, 2.24) is 9.80 Å². The quantitative estimate of drug-likeness (QED) is 0.807. The zero-order valence-electron chi connectivity index (χ0n) is 16.8. The predicted molar refractivity (Wildman–Crippen MR) is 110 cm³/mol. The largest absolute Gasteiger partial charge is 0.368 e. The molecule has 3 aliphatic heterocycles. The number of primary amides is 1. The van der Waals surface area contributed by atoms with Gasteiger partial charge in [0, 0.05) is 25.0 Å². The van der Waals surface area contributed by atoms with Crippen molar-refractivity contribution in [3.8, 4) is 0 Å². The number of likely N-dealkylation sites (N-methyl/N-ethyl adjacent to an activating group) is 1. The second kappa shape index (κ2) is 7.67. The number of carbonyl (C=O) groups excluding carboxylic acids is 3. The van der Waals surface area contributed by atoms with Crippen LogP contribution in [0.25, 0.3) is 0 Å². The molecule has 1 aromatic carbocycles. The highest BCUT2D eigenvalue weighted by Crippen LogP contribution is 2.37. The summed E-state index contributed by atoms with van der Waals surface area (Å²) in [5, 5.41) is 0. The van der Waals surface area contributed by atoms with E-state index in [0.29, 0.717) is 18.8 Å². The van der Waals surface area contributed by atoms with Crippen LogP contribution in [0.2, 0.25) is 0 Å². The van der Waals surface area contributed by atoms with E-state index in [0.717, 1.165) is 44.5 Å². The van der Waals surface area contributed by atoms with Gasteiger partial charge in [-0.3, -0.25) is 19.4 Å². The Bertz CT molecular complexity index is 805. The van der Waals surface area contributed by atoms with Crippen LogP contribution in [0, 0.1) is 6.42 Å². The summed E-state index contributed by atoms with van der Waals surface area (Å²) in [7, 11) is 1.77. The summed E-state index contributed by atoms with van der Waals surface area (Å²) in [6.45, 7) is 3.13. The van der Waals surface area contributed by atoms with Crippen molar-refractivity contribution in [2.45, 2.75) is 31.2 Å². The highest BCUT2D eigenvalue weighted by Gasteiger charge is 2.55. The van der Waals surface area contributed by atoms with Crippen molar-refractivity contribution in [3.63, 3.8) is 0 Å². The normalized spacial score (nSPS) is 24.7. The molecule has 3 saturated heterocycles. The Morgan fingerprint density at radius 1 is 1.10 bits per heavy atom. The van der Waals surface area contributed by atoms with E-state index in [9.17, 15) is 14.4 Å². The fourth-order valence-electron chi connectivity index (χ4n) is 4.52. The highest BCUT2D eigenvalue weighted by atomic mass is 16.2. The van der Waals surface area contributed by atoms with Crippen LogP contribution in [0.5, 0.6) is 0 Å². The molecule has 29 heavy (non-hydrogen) atoms. The SMILES string of the molecule is CN(C(=O)CN1CCCC1)c1ccc(N2C[C@@]3(C(N)=O)[CH]CCCN3C2=O)cc1. The molecule has 0 bridgehead atoms. The fraction of sp³-hybridized carbons (Fsp3) is 0.524. The van der Waals surface area contributed by atoms with Crippen molar-refractivity contribution < 1.29 is 14.4 Å². The smallest absolute Gasteiger partial charge is 0.325 e. The van der Waals surface area contributed by atoms with Gasteiger partial charge in [0.15, 0.2) is 0 Å². The Morgan fingerprint density at radius 2 is 1.79 bits per heavy atom. The molecule has 0 aliphatic carbocycles. The van der Waals surface area contributed by atoms with Crippen molar-refractivity contribution in [1.29, 1.82) is 0 Å². The number of likely N-dealkylation sites (tertiary alicyclic amines) is 1. The first-order valence-electron chi connectivity index (χ1n) is 10.2. The Hall–Kier alpha value is -2.61. The first-order valence-corrected chi connectivity index (χ1v) is 10.2. The zero-order valence-corrected chi connectivity index (χ0v) is 16.8. The second-order valence-electron chi connectivity index (χ2n) is 8.11. The molecule has 0 saturated carbocycles. The van der Waals surface area contributed by atoms with E-state index in [1.165, 1.54) is 0 Å². The molecular weight excluding hydrogens is 370 g/mol. The van der Waals surface area contributed by atoms with Gasteiger partial charge in [-0.15, -0.1) is 0 Å². The number of piperidine rings is 1. The number of nitrogens with two attached hydrogens (primary N) is 1. The zero-order chi connectivity index (χ0) is 20.6. The molecule has 4 rings (SSSR count). The van der Waals surface area contributed by atoms with E-state index in [4.69, 9.17) is 5.73 Å². The van der Waals surface area contributed by atoms with Crippen molar-refractivity contribution in [2.24, 2.45) is 5.73 Å². The number of urea groups is 1. The van der Waals surface area contributed by atoms with Crippen LogP contribution in [0.3, 0.4) is 0 Å². The first-order chi connectivity index (χ1) is 13.9. The molecule has 0 aromatic heterocycles. The number of rotatable bonds is 5. The Balaban J connectivity index is 1.48. The van der Waals surface area contributed by atoms with Gasteiger partial charge in [-0.05, 0) is 69.5 Å². The number of hydrogen-bond acceptors (Lipinski definition) is 4. The van der Waals surface area contributed by atoms with Gasteiger partial charge in [0.25, 0.3) is 0 Å². The number of fused-ring (bicyclic) bond motifs is 1. The lowest BCUT2D eigenvalue weighted by atomic mass is 9.87. The first kappa shape index (κ1) is 19.7. The summed E-state index contributed by atoms with van der Waals surface area (Å²) >= 11 is 0. The molecule has 4 amide bonds. The molecule has 1 atom stereocenters. The van der Waals surface area contributed by atoms with Crippen LogP contribution in [0.1, 0.15) is 25.7 Å². The van der Waals surface area contributed by atoms with Gasteiger partial charge in [-0.25, -0.2) is 4.79 Å². The van der Waals surface area contributed by atoms with Crippen LogP contribution in [0.4, 0.5) is 16.2 Å². The summed E-state index contributed by atoms with van der Waals surface area (Å²) < 4.78 is 0. The second-order valence-corrected chi connectivity index (χ2v) is 8.11. The molecule has 1 aromatic rings. The maximum absolute atomic E-state index is 12.9. The molecule has 0 unspecified atom stereocenters. The number of hydrogen-bond donors (Lipinski definition) is 1. The van der Waals surface area contributed by atoms with E-state index < -0.39 is 11.4 Å². The maximum Gasteiger partial charge on any atom is 0.325 e. The average molecular weight is 398 g/mol. The Kier molecular flexibility index (Phi) is 5.21. The minimum atomic E-state index is -1.03. The lowest BCUT2D eigenvalue weighted by molar-refractivity contribution is -0.126. The van der Waals surface area contributed by atoms with Crippen LogP contribution in [-0.4, -0.2) is 73.0 Å². The molecule has 1 radical (unpaired) electrons. The minimum absolute atomic E-state index is 0.0521. The predicted octanol–water partition coefficient (Wildman–Crippen LogP) is 1.21. The molecule has 3 aliphatic rings. The van der Waals surface area contributed by atoms with Gasteiger partial charge < -0.3 is 15.5 Å². The molecule has 8 heteroatoms. The van der Waals surface area contributed by atoms with Gasteiger partial charge in [-0.1, -0.05) is 0 Å². The van der Waals surface area contributed by atoms with Crippen LogP contribution in [-0.2, 0) is 9.59 Å². The van der Waals surface area contributed by atoms with Gasteiger partial charge in [0.05, 0.1) is 13.1 Å². The van der Waals surface area contributed by atoms with Gasteiger partial charge in [0.2, 0.25) is 11.8 Å². The monoisotopic (exact) mass is 398 g/mol. The van der Waals surface area contributed by atoms with E-state index >= 15 is 0 Å². The number of nitrogens with zero attached hydrogens (tertiary/aromatic N) is 4. The molecule has 8 nitrogen and oxygen atoms in total. The topological polar surface area (TPSA) is 90.2 Å². The molecule has 2 N–H and O–H groups in total.